The fraction of sp³-hybridized carbons (Fsp3) is 0.421. The molecule has 0 amide bonds. The second kappa shape index (κ2) is 8.87. The van der Waals surface area contributed by atoms with Crippen molar-refractivity contribution in [3.05, 3.63) is 54.0 Å². The van der Waals surface area contributed by atoms with E-state index in [1.807, 2.05) is 0 Å². The molecule has 0 aliphatic carbocycles. The van der Waals surface area contributed by atoms with E-state index in [1.54, 1.807) is 6.20 Å². The van der Waals surface area contributed by atoms with Gasteiger partial charge in [-0.1, -0.05) is 30.3 Å². The number of hydrogen-bond donors (Lipinski definition) is 0. The lowest BCUT2D eigenvalue weighted by Gasteiger charge is -2.27. The molecule has 1 aromatic carbocycles. The van der Waals surface area contributed by atoms with Crippen molar-refractivity contribution in [1.82, 2.24) is 14.9 Å². The molecule has 0 bridgehead atoms. The second-order valence-corrected chi connectivity index (χ2v) is 6.88. The van der Waals surface area contributed by atoms with Gasteiger partial charge >= 0.3 is 5.97 Å². The fourth-order valence-corrected chi connectivity index (χ4v) is 4.41. The smallest absolute Gasteiger partial charge is 0.343 e. The number of nitrogens with zero attached hydrogens (tertiary/aromatic N) is 4. The van der Waals surface area contributed by atoms with Gasteiger partial charge in [0.15, 0.2) is 0 Å². The van der Waals surface area contributed by atoms with Crippen molar-refractivity contribution in [1.29, 1.82) is 0 Å². The van der Waals surface area contributed by atoms with Gasteiger partial charge in [-0.2, -0.15) is 0 Å². The first kappa shape index (κ1) is 21.4. The number of methoxy groups -OCH3 is 1. The van der Waals surface area contributed by atoms with Gasteiger partial charge < -0.3 is 9.64 Å². The molecule has 3 atom stereocenters. The molecule has 146 valence electrons. The monoisotopic (exact) mass is 410 g/mol. The molecule has 2 aromatic rings. The molecule has 2 aliphatic rings. The fourth-order valence-electron chi connectivity index (χ4n) is 4.41. The molecular weight excluding hydrogens is 387 g/mol. The van der Waals surface area contributed by atoms with Crippen LogP contribution in [0.4, 0.5) is 5.82 Å². The van der Waals surface area contributed by atoms with Crippen molar-refractivity contribution in [2.75, 3.05) is 38.7 Å². The highest BCUT2D eigenvalue weighted by Crippen LogP contribution is 2.45. The zero-order valence-corrected chi connectivity index (χ0v) is 16.9. The predicted octanol–water partition coefficient (Wildman–Crippen LogP) is 2.85. The molecule has 8 heteroatoms. The maximum atomic E-state index is 12.0. The van der Waals surface area contributed by atoms with Crippen molar-refractivity contribution in [3.8, 4) is 0 Å². The summed E-state index contributed by atoms with van der Waals surface area (Å²) in [6.07, 6.45) is 3.04. The van der Waals surface area contributed by atoms with E-state index in [4.69, 9.17) is 4.74 Å². The van der Waals surface area contributed by atoms with E-state index in [0.29, 0.717) is 29.3 Å². The molecule has 27 heavy (non-hydrogen) atoms. The molecule has 3 heterocycles. The lowest BCUT2D eigenvalue weighted by atomic mass is 9.90. The average Bonchev–Trinajstić information content (AvgIpc) is 3.18. The van der Waals surface area contributed by atoms with Crippen molar-refractivity contribution < 1.29 is 9.53 Å². The Labute approximate surface area is 171 Å². The van der Waals surface area contributed by atoms with Crippen LogP contribution >= 0.6 is 24.8 Å². The molecule has 1 aromatic heterocycles. The van der Waals surface area contributed by atoms with Crippen LogP contribution in [0.2, 0.25) is 0 Å². The van der Waals surface area contributed by atoms with Crippen LogP contribution in [-0.4, -0.2) is 54.6 Å². The van der Waals surface area contributed by atoms with Crippen molar-refractivity contribution in [3.63, 3.8) is 0 Å². The Balaban J connectivity index is 0.00000131. The van der Waals surface area contributed by atoms with Crippen LogP contribution < -0.4 is 4.90 Å². The quantitative estimate of drug-likeness (QED) is 0.724. The summed E-state index contributed by atoms with van der Waals surface area (Å²) < 4.78 is 4.88. The maximum absolute atomic E-state index is 12.0. The Hall–Kier alpha value is -1.89. The van der Waals surface area contributed by atoms with Gasteiger partial charge in [-0.05, 0) is 18.5 Å². The van der Waals surface area contributed by atoms with E-state index in [-0.39, 0.29) is 30.8 Å². The third-order valence-electron chi connectivity index (χ3n) is 5.43. The maximum Gasteiger partial charge on any atom is 0.343 e. The Morgan fingerprint density at radius 3 is 2.59 bits per heavy atom. The highest BCUT2D eigenvalue weighted by Gasteiger charge is 2.46. The number of fused-ring (bicyclic) bond motifs is 1. The van der Waals surface area contributed by atoms with Crippen LogP contribution in [0.25, 0.3) is 0 Å². The molecule has 2 aliphatic heterocycles. The molecular formula is C19H24Cl2N4O2. The van der Waals surface area contributed by atoms with Crippen LogP contribution in [-0.2, 0) is 4.74 Å². The van der Waals surface area contributed by atoms with Crippen molar-refractivity contribution in [2.24, 2.45) is 11.8 Å². The first-order chi connectivity index (χ1) is 12.2. The largest absolute Gasteiger partial charge is 0.465 e. The van der Waals surface area contributed by atoms with Crippen LogP contribution in [0.1, 0.15) is 22.0 Å². The van der Waals surface area contributed by atoms with Crippen LogP contribution in [0.15, 0.2) is 42.9 Å². The summed E-state index contributed by atoms with van der Waals surface area (Å²) in [5.74, 6) is 1.39. The third kappa shape index (κ3) is 3.88. The van der Waals surface area contributed by atoms with E-state index in [2.05, 4.69) is 57.1 Å². The van der Waals surface area contributed by atoms with E-state index in [0.717, 1.165) is 19.6 Å². The molecule has 6 nitrogen and oxygen atoms in total. The molecule has 0 radical (unpaired) electrons. The molecule has 0 N–H and O–H groups in total. The SMILES string of the molecule is COC(=O)c1cncnc1N1C[C@@H]2CN(C)[C@@H](c3ccccc3)[C@@H]2C1.Cl.Cl. The van der Waals surface area contributed by atoms with Crippen molar-refractivity contribution in [2.45, 2.75) is 6.04 Å². The Morgan fingerprint density at radius 2 is 1.89 bits per heavy atom. The molecule has 0 saturated carbocycles. The minimum atomic E-state index is -0.385. The van der Waals surface area contributed by atoms with E-state index < -0.39 is 0 Å². The lowest BCUT2D eigenvalue weighted by molar-refractivity contribution is 0.0600. The normalized spacial score (nSPS) is 23.9. The Bertz CT molecular complexity index is 777. The summed E-state index contributed by atoms with van der Waals surface area (Å²) in [6, 6.07) is 11.1. The van der Waals surface area contributed by atoms with Gasteiger partial charge in [0.2, 0.25) is 0 Å². The van der Waals surface area contributed by atoms with Gasteiger partial charge in [-0.3, -0.25) is 4.90 Å². The van der Waals surface area contributed by atoms with Gasteiger partial charge in [-0.25, -0.2) is 14.8 Å². The van der Waals surface area contributed by atoms with Crippen LogP contribution in [0.5, 0.6) is 0 Å². The van der Waals surface area contributed by atoms with Gasteiger partial charge in [0.25, 0.3) is 0 Å². The Kier molecular flexibility index (Phi) is 7.03. The number of hydrogen-bond acceptors (Lipinski definition) is 6. The Morgan fingerprint density at radius 1 is 1.15 bits per heavy atom. The molecule has 2 fully saturated rings. The number of rotatable bonds is 3. The second-order valence-electron chi connectivity index (χ2n) is 6.88. The number of anilines is 1. The topological polar surface area (TPSA) is 58.6 Å². The number of aromatic nitrogens is 2. The number of carbonyl (C=O) groups is 1. The zero-order valence-electron chi connectivity index (χ0n) is 15.3. The van der Waals surface area contributed by atoms with Crippen molar-refractivity contribution >= 4 is 36.6 Å². The first-order valence-corrected chi connectivity index (χ1v) is 8.57. The molecule has 2 saturated heterocycles. The van der Waals surface area contributed by atoms with Crippen LogP contribution in [0, 0.1) is 11.8 Å². The molecule has 4 rings (SSSR count). The number of carbonyl (C=O) groups excluding carboxylic acids is 1. The summed E-state index contributed by atoms with van der Waals surface area (Å²) in [6.45, 7) is 2.84. The summed E-state index contributed by atoms with van der Waals surface area (Å²) in [5, 5.41) is 0. The molecule has 0 unspecified atom stereocenters. The minimum Gasteiger partial charge on any atom is -0.465 e. The van der Waals surface area contributed by atoms with E-state index in [1.165, 1.54) is 19.0 Å². The summed E-state index contributed by atoms with van der Waals surface area (Å²) in [5.41, 5.74) is 1.80. The van der Waals surface area contributed by atoms with Crippen LogP contribution in [0.3, 0.4) is 0 Å². The van der Waals surface area contributed by atoms with Gasteiger partial charge in [0.1, 0.15) is 17.7 Å². The number of benzene rings is 1. The number of halogens is 2. The van der Waals surface area contributed by atoms with E-state index in [9.17, 15) is 4.79 Å². The third-order valence-corrected chi connectivity index (χ3v) is 5.43. The zero-order chi connectivity index (χ0) is 17.4. The average molecular weight is 411 g/mol. The summed E-state index contributed by atoms with van der Waals surface area (Å²) in [4.78, 5) is 25.1. The highest BCUT2D eigenvalue weighted by molar-refractivity contribution is 5.94. The molecule has 0 spiro atoms. The number of likely N-dealkylation sites (tertiary alicyclic amines) is 1. The van der Waals surface area contributed by atoms with Gasteiger partial charge in [0, 0.05) is 37.8 Å². The first-order valence-electron chi connectivity index (χ1n) is 8.57. The standard InChI is InChI=1S/C19H22N4O2.2ClH/c1-22-9-14-10-23(18-15(19(24)25-2)8-20-12-21-18)11-16(14)17(22)13-6-4-3-5-7-13;;/h3-8,12,14,16-17H,9-11H2,1-2H3;2*1H/t14-,16+,17-;;/m0../s1. The highest BCUT2D eigenvalue weighted by atomic mass is 35.5. The van der Waals surface area contributed by atoms with Gasteiger partial charge in [0.05, 0.1) is 7.11 Å². The van der Waals surface area contributed by atoms with Gasteiger partial charge in [-0.15, -0.1) is 24.8 Å². The number of ether oxygens (including phenoxy) is 1. The minimum absolute atomic E-state index is 0. The summed E-state index contributed by atoms with van der Waals surface area (Å²) >= 11 is 0. The predicted molar refractivity (Wildman–Crippen MR) is 109 cm³/mol. The number of esters is 1. The van der Waals surface area contributed by atoms with E-state index >= 15 is 0 Å². The lowest BCUT2D eigenvalue weighted by Crippen LogP contribution is -2.30. The summed E-state index contributed by atoms with van der Waals surface area (Å²) in [7, 11) is 3.59.